The Morgan fingerprint density at radius 2 is 1.50 bits per heavy atom. The van der Waals surface area contributed by atoms with E-state index in [9.17, 15) is 18.3 Å². The Morgan fingerprint density at radius 3 is 2.00 bits per heavy atom. The average molecular weight is 480 g/mol. The first-order chi connectivity index (χ1) is 16.2. The quantitative estimate of drug-likeness (QED) is 0.377. The zero-order valence-electron chi connectivity index (χ0n) is 18.8. The zero-order chi connectivity index (χ0) is 24.3. The van der Waals surface area contributed by atoms with Gasteiger partial charge in [-0.1, -0.05) is 53.7 Å². The van der Waals surface area contributed by atoms with Crippen LogP contribution in [-0.4, -0.2) is 50.7 Å². The second-order valence-electron chi connectivity index (χ2n) is 8.00. The molecule has 0 spiro atoms. The van der Waals surface area contributed by atoms with Crippen molar-refractivity contribution in [3.63, 3.8) is 0 Å². The summed E-state index contributed by atoms with van der Waals surface area (Å²) in [4.78, 5) is 16.7. The van der Waals surface area contributed by atoms with E-state index in [-0.39, 0.29) is 19.1 Å². The molecule has 0 heterocycles. The fraction of sp³-hybridized carbons (Fsp3) is 0.200. The minimum Gasteiger partial charge on any atom is -0.392 e. The lowest BCUT2D eigenvalue weighted by Crippen LogP contribution is -2.38. The lowest BCUT2D eigenvalue weighted by Gasteiger charge is -2.25. The number of fused-ring (bicyclic) bond motifs is 3. The van der Waals surface area contributed by atoms with Crippen LogP contribution < -0.4 is 9.62 Å². The minimum atomic E-state index is -3.67. The molecular formula is C25H25N3O5S. The van der Waals surface area contributed by atoms with Crippen LogP contribution in [0.2, 0.25) is 0 Å². The highest BCUT2D eigenvalue weighted by molar-refractivity contribution is 7.92. The van der Waals surface area contributed by atoms with Crippen LogP contribution in [0.3, 0.4) is 0 Å². The molecule has 0 saturated carbocycles. The molecule has 0 aliphatic heterocycles. The summed E-state index contributed by atoms with van der Waals surface area (Å²) >= 11 is 0. The molecule has 1 atom stereocenters. The fourth-order valence-electron chi connectivity index (χ4n) is 3.87. The summed E-state index contributed by atoms with van der Waals surface area (Å²) in [5.74, 6) is -0.227. The van der Waals surface area contributed by atoms with Crippen molar-refractivity contribution in [1.82, 2.24) is 0 Å². The Bertz CT molecular complexity index is 1290. The third-order valence-electron chi connectivity index (χ3n) is 5.33. The van der Waals surface area contributed by atoms with E-state index in [1.807, 2.05) is 48.5 Å². The smallest absolute Gasteiger partial charge is 0.232 e. The van der Waals surface area contributed by atoms with E-state index >= 15 is 0 Å². The Kier molecular flexibility index (Phi) is 6.67. The topological polar surface area (TPSA) is 108 Å². The van der Waals surface area contributed by atoms with Crippen molar-refractivity contribution in [1.29, 1.82) is 0 Å². The van der Waals surface area contributed by atoms with E-state index in [0.29, 0.717) is 17.1 Å². The molecule has 0 fully saturated rings. The number of carbonyl (C=O) groups excluding carboxylic acids is 1. The number of hydrogen-bond acceptors (Lipinski definition) is 6. The van der Waals surface area contributed by atoms with Crippen molar-refractivity contribution in [3.8, 4) is 11.1 Å². The maximum absolute atomic E-state index is 12.4. The number of nitrogens with zero attached hydrogens (tertiary/aromatic N) is 2. The van der Waals surface area contributed by atoms with Gasteiger partial charge in [-0.05, 0) is 35.4 Å². The molecule has 1 aliphatic carbocycles. The molecular weight excluding hydrogens is 454 g/mol. The number of sulfonamides is 1. The van der Waals surface area contributed by atoms with Crippen LogP contribution in [0.4, 0.5) is 11.4 Å². The molecule has 9 heteroatoms. The first-order valence-corrected chi connectivity index (χ1v) is 12.5. The molecule has 34 heavy (non-hydrogen) atoms. The second kappa shape index (κ2) is 9.66. The second-order valence-corrected chi connectivity index (χ2v) is 9.91. The van der Waals surface area contributed by atoms with Crippen LogP contribution in [0.15, 0.2) is 78.0 Å². The number of benzene rings is 3. The lowest BCUT2D eigenvalue weighted by atomic mass is 10.1. The van der Waals surface area contributed by atoms with Gasteiger partial charge in [-0.2, -0.15) is 0 Å². The molecule has 4 rings (SSSR count). The van der Waals surface area contributed by atoms with Crippen molar-refractivity contribution >= 4 is 33.0 Å². The molecule has 8 nitrogen and oxygen atoms in total. The van der Waals surface area contributed by atoms with Crippen LogP contribution in [0, 0.1) is 0 Å². The molecule has 0 radical (unpaired) electrons. The summed E-state index contributed by atoms with van der Waals surface area (Å²) in [6.07, 6.45) is -0.0597. The monoisotopic (exact) mass is 479 g/mol. The van der Waals surface area contributed by atoms with Gasteiger partial charge in [0.15, 0.2) is 0 Å². The first kappa shape index (κ1) is 23.5. The molecule has 1 unspecified atom stereocenters. The van der Waals surface area contributed by atoms with Crippen molar-refractivity contribution in [3.05, 3.63) is 83.9 Å². The number of anilines is 2. The first-order valence-electron chi connectivity index (χ1n) is 10.7. The molecule has 1 aliphatic rings. The van der Waals surface area contributed by atoms with Gasteiger partial charge in [0.2, 0.25) is 15.9 Å². The van der Waals surface area contributed by atoms with Gasteiger partial charge in [0, 0.05) is 23.7 Å². The standard InChI is InChI=1S/C25H25N3O5S/c1-17(29)26-18-11-13-19(14-12-18)28(34(2,31)32)15-20(30)16-33-27-25-23-9-5-3-7-21(23)22-8-4-6-10-24(22)25/h3-14,20,30H,15-16H2,1-2H3,(H,26,29). The zero-order valence-corrected chi connectivity index (χ0v) is 19.6. The molecule has 0 saturated heterocycles. The summed E-state index contributed by atoms with van der Waals surface area (Å²) in [5.41, 5.74) is 5.58. The molecule has 1 amide bonds. The summed E-state index contributed by atoms with van der Waals surface area (Å²) in [6.45, 7) is 0.985. The van der Waals surface area contributed by atoms with Crippen LogP contribution in [0.25, 0.3) is 11.1 Å². The van der Waals surface area contributed by atoms with E-state index < -0.39 is 16.1 Å². The highest BCUT2D eigenvalue weighted by Crippen LogP contribution is 2.36. The van der Waals surface area contributed by atoms with Gasteiger partial charge >= 0.3 is 0 Å². The van der Waals surface area contributed by atoms with E-state index in [1.54, 1.807) is 24.3 Å². The molecule has 0 aromatic heterocycles. The number of nitrogens with one attached hydrogen (secondary N) is 1. The van der Waals surface area contributed by atoms with Gasteiger partial charge in [0.1, 0.15) is 18.4 Å². The summed E-state index contributed by atoms with van der Waals surface area (Å²) in [7, 11) is -3.67. The van der Waals surface area contributed by atoms with Gasteiger partial charge in [-0.3, -0.25) is 9.10 Å². The number of aliphatic hydroxyl groups excluding tert-OH is 1. The molecule has 0 bridgehead atoms. The number of rotatable bonds is 8. The van der Waals surface area contributed by atoms with Crippen LogP contribution in [0.1, 0.15) is 18.1 Å². The van der Waals surface area contributed by atoms with Crippen LogP contribution in [-0.2, 0) is 19.7 Å². The van der Waals surface area contributed by atoms with E-state index in [2.05, 4.69) is 10.5 Å². The summed E-state index contributed by atoms with van der Waals surface area (Å²) in [6, 6.07) is 22.1. The SMILES string of the molecule is CC(=O)Nc1ccc(N(CC(O)CON=C2c3ccccc3-c3ccccc32)S(C)(=O)=O)cc1. The fourth-order valence-corrected chi connectivity index (χ4v) is 4.82. The van der Waals surface area contributed by atoms with Crippen LogP contribution in [0.5, 0.6) is 0 Å². The van der Waals surface area contributed by atoms with Crippen molar-refractivity contribution in [2.24, 2.45) is 5.16 Å². The van der Waals surface area contributed by atoms with Gasteiger partial charge in [0.25, 0.3) is 0 Å². The Balaban J connectivity index is 1.47. The summed E-state index contributed by atoms with van der Waals surface area (Å²) < 4.78 is 25.8. The van der Waals surface area contributed by atoms with Crippen molar-refractivity contribution < 1.29 is 23.2 Å². The molecule has 2 N–H and O–H groups in total. The number of carbonyl (C=O) groups is 1. The Morgan fingerprint density at radius 1 is 0.971 bits per heavy atom. The highest BCUT2D eigenvalue weighted by Gasteiger charge is 2.25. The number of amides is 1. The molecule has 3 aromatic rings. The largest absolute Gasteiger partial charge is 0.392 e. The Hall–Kier alpha value is -3.69. The summed E-state index contributed by atoms with van der Waals surface area (Å²) in [5, 5.41) is 17.4. The van der Waals surface area contributed by atoms with Crippen LogP contribution >= 0.6 is 0 Å². The van der Waals surface area contributed by atoms with Gasteiger partial charge in [-0.15, -0.1) is 0 Å². The van der Waals surface area contributed by atoms with E-state index in [4.69, 9.17) is 4.84 Å². The lowest BCUT2D eigenvalue weighted by molar-refractivity contribution is -0.114. The van der Waals surface area contributed by atoms with Gasteiger partial charge in [-0.25, -0.2) is 8.42 Å². The number of hydrogen-bond donors (Lipinski definition) is 2. The molecule has 176 valence electrons. The predicted molar refractivity (Wildman–Crippen MR) is 132 cm³/mol. The molecule has 3 aromatic carbocycles. The van der Waals surface area contributed by atoms with Crippen molar-refractivity contribution in [2.75, 3.05) is 29.0 Å². The maximum Gasteiger partial charge on any atom is 0.232 e. The maximum atomic E-state index is 12.4. The van der Waals surface area contributed by atoms with E-state index in [1.165, 1.54) is 6.92 Å². The Labute approximate surface area is 198 Å². The average Bonchev–Trinajstić information content (AvgIpc) is 3.11. The predicted octanol–water partition coefficient (Wildman–Crippen LogP) is 3.22. The number of oxime groups is 1. The third kappa shape index (κ3) is 5.11. The number of aliphatic hydroxyl groups is 1. The van der Waals surface area contributed by atoms with Crippen molar-refractivity contribution in [2.45, 2.75) is 13.0 Å². The third-order valence-corrected chi connectivity index (χ3v) is 6.49. The minimum absolute atomic E-state index is 0.191. The normalized spacial score (nSPS) is 13.0. The van der Waals surface area contributed by atoms with Gasteiger partial charge < -0.3 is 15.3 Å². The highest BCUT2D eigenvalue weighted by atomic mass is 32.2. The van der Waals surface area contributed by atoms with Gasteiger partial charge in [0.05, 0.1) is 18.5 Å². The van der Waals surface area contributed by atoms with E-state index in [0.717, 1.165) is 32.8 Å².